The SMILES string of the molecule is C[C@@H]1CNC[C@H]1C(=O)N(Cc1ccccc1Br)C1CC1. The summed E-state index contributed by atoms with van der Waals surface area (Å²) in [6, 6.07) is 8.66. The molecule has 2 fully saturated rings. The van der Waals surface area contributed by atoms with Gasteiger partial charge in [-0.05, 0) is 36.9 Å². The zero-order chi connectivity index (χ0) is 14.1. The number of nitrogens with one attached hydrogen (secondary N) is 1. The molecule has 0 radical (unpaired) electrons. The molecule has 1 aliphatic heterocycles. The number of nitrogens with zero attached hydrogens (tertiary/aromatic N) is 1. The Hall–Kier alpha value is -0.870. The van der Waals surface area contributed by atoms with Crippen LogP contribution in [0, 0.1) is 11.8 Å². The number of amides is 1. The maximum atomic E-state index is 12.8. The first-order valence-electron chi connectivity index (χ1n) is 7.41. The molecule has 3 nitrogen and oxygen atoms in total. The molecule has 1 aromatic carbocycles. The van der Waals surface area contributed by atoms with Crippen molar-refractivity contribution in [1.29, 1.82) is 0 Å². The van der Waals surface area contributed by atoms with Gasteiger partial charge >= 0.3 is 0 Å². The fourth-order valence-electron chi connectivity index (χ4n) is 2.94. The van der Waals surface area contributed by atoms with Crippen LogP contribution < -0.4 is 5.32 Å². The number of carbonyl (C=O) groups excluding carboxylic acids is 1. The van der Waals surface area contributed by atoms with Gasteiger partial charge in [-0.15, -0.1) is 0 Å². The molecule has 2 atom stereocenters. The summed E-state index contributed by atoms with van der Waals surface area (Å²) in [6.07, 6.45) is 2.31. The third kappa shape index (κ3) is 2.91. The zero-order valence-corrected chi connectivity index (χ0v) is 13.4. The molecule has 1 aliphatic carbocycles. The van der Waals surface area contributed by atoms with Crippen molar-refractivity contribution in [3.63, 3.8) is 0 Å². The Morgan fingerprint density at radius 1 is 1.35 bits per heavy atom. The third-order valence-electron chi connectivity index (χ3n) is 4.40. The molecule has 4 heteroatoms. The van der Waals surface area contributed by atoms with E-state index in [-0.39, 0.29) is 5.92 Å². The molecule has 1 amide bonds. The number of halogens is 1. The van der Waals surface area contributed by atoms with E-state index in [1.54, 1.807) is 0 Å². The molecular formula is C16H21BrN2O. The van der Waals surface area contributed by atoms with E-state index in [2.05, 4.69) is 39.1 Å². The van der Waals surface area contributed by atoms with E-state index in [0.29, 0.717) is 17.9 Å². The Morgan fingerprint density at radius 2 is 2.10 bits per heavy atom. The predicted octanol–water partition coefficient (Wildman–Crippen LogP) is 2.80. The zero-order valence-electron chi connectivity index (χ0n) is 11.8. The normalized spacial score (nSPS) is 25.7. The van der Waals surface area contributed by atoms with E-state index >= 15 is 0 Å². The van der Waals surface area contributed by atoms with Gasteiger partial charge < -0.3 is 10.2 Å². The molecule has 1 heterocycles. The van der Waals surface area contributed by atoms with Crippen LogP contribution in [0.5, 0.6) is 0 Å². The summed E-state index contributed by atoms with van der Waals surface area (Å²) >= 11 is 3.59. The summed E-state index contributed by atoms with van der Waals surface area (Å²) in [6.45, 7) is 4.70. The van der Waals surface area contributed by atoms with Crippen LogP contribution in [0.15, 0.2) is 28.7 Å². The van der Waals surface area contributed by atoms with Gasteiger partial charge in [0.05, 0.1) is 5.92 Å². The Labute approximate surface area is 128 Å². The predicted molar refractivity (Wildman–Crippen MR) is 83.2 cm³/mol. The largest absolute Gasteiger partial charge is 0.335 e. The molecule has 0 spiro atoms. The highest BCUT2D eigenvalue weighted by molar-refractivity contribution is 9.10. The molecule has 1 N–H and O–H groups in total. The molecule has 20 heavy (non-hydrogen) atoms. The van der Waals surface area contributed by atoms with Crippen LogP contribution >= 0.6 is 15.9 Å². The third-order valence-corrected chi connectivity index (χ3v) is 5.18. The molecule has 0 aromatic heterocycles. The van der Waals surface area contributed by atoms with Crippen LogP contribution in [0.1, 0.15) is 25.3 Å². The summed E-state index contributed by atoms with van der Waals surface area (Å²) in [7, 11) is 0. The summed E-state index contributed by atoms with van der Waals surface area (Å²) in [5, 5.41) is 3.34. The highest BCUT2D eigenvalue weighted by Crippen LogP contribution is 2.32. The molecule has 108 valence electrons. The Morgan fingerprint density at radius 3 is 2.70 bits per heavy atom. The Balaban J connectivity index is 1.76. The van der Waals surface area contributed by atoms with Crippen molar-refractivity contribution in [2.45, 2.75) is 32.4 Å². The smallest absolute Gasteiger partial charge is 0.227 e. The number of hydrogen-bond acceptors (Lipinski definition) is 2. The number of benzene rings is 1. The van der Waals surface area contributed by atoms with Crippen molar-refractivity contribution in [3.05, 3.63) is 34.3 Å². The van der Waals surface area contributed by atoms with E-state index in [0.717, 1.165) is 36.9 Å². The second-order valence-electron chi connectivity index (χ2n) is 6.03. The van der Waals surface area contributed by atoms with Crippen LogP contribution in [0.3, 0.4) is 0 Å². The lowest BCUT2D eigenvalue weighted by Crippen LogP contribution is -2.39. The van der Waals surface area contributed by atoms with Crippen molar-refractivity contribution >= 4 is 21.8 Å². The number of rotatable bonds is 4. The van der Waals surface area contributed by atoms with E-state index < -0.39 is 0 Å². The van der Waals surface area contributed by atoms with E-state index in [4.69, 9.17) is 0 Å². The first-order chi connectivity index (χ1) is 9.66. The van der Waals surface area contributed by atoms with Gasteiger partial charge in [-0.1, -0.05) is 41.1 Å². The fourth-order valence-corrected chi connectivity index (χ4v) is 3.35. The standard InChI is InChI=1S/C16H21BrN2O/c1-11-8-18-9-14(11)16(20)19(13-6-7-13)10-12-4-2-3-5-15(12)17/h2-5,11,13-14,18H,6-10H2,1H3/t11-,14-/m1/s1. The van der Waals surface area contributed by atoms with Crippen molar-refractivity contribution in [2.24, 2.45) is 11.8 Å². The van der Waals surface area contributed by atoms with Gasteiger partial charge in [0.2, 0.25) is 5.91 Å². The average molecular weight is 337 g/mol. The summed E-state index contributed by atoms with van der Waals surface area (Å²) < 4.78 is 1.09. The fraction of sp³-hybridized carbons (Fsp3) is 0.562. The maximum absolute atomic E-state index is 12.8. The highest BCUT2D eigenvalue weighted by atomic mass is 79.9. The van der Waals surface area contributed by atoms with Crippen molar-refractivity contribution < 1.29 is 4.79 Å². The van der Waals surface area contributed by atoms with Gasteiger partial charge in [-0.25, -0.2) is 0 Å². The molecule has 1 aromatic rings. The lowest BCUT2D eigenvalue weighted by atomic mass is 9.96. The van der Waals surface area contributed by atoms with Gasteiger partial charge in [0.15, 0.2) is 0 Å². The molecular weight excluding hydrogens is 316 g/mol. The molecule has 2 aliphatic rings. The van der Waals surface area contributed by atoms with Crippen molar-refractivity contribution in [2.75, 3.05) is 13.1 Å². The van der Waals surface area contributed by atoms with Crippen LogP contribution in [0.25, 0.3) is 0 Å². The number of carbonyl (C=O) groups is 1. The summed E-state index contributed by atoms with van der Waals surface area (Å²) in [5.41, 5.74) is 1.20. The lowest BCUT2D eigenvalue weighted by Gasteiger charge is -2.27. The summed E-state index contributed by atoms with van der Waals surface area (Å²) in [5.74, 6) is 0.932. The first kappa shape index (κ1) is 14.1. The van der Waals surface area contributed by atoms with E-state index in [9.17, 15) is 4.79 Å². The number of hydrogen-bond donors (Lipinski definition) is 1. The average Bonchev–Trinajstić information content (AvgIpc) is 3.19. The second kappa shape index (κ2) is 5.86. The van der Waals surface area contributed by atoms with Crippen LogP contribution in [0.2, 0.25) is 0 Å². The minimum atomic E-state index is 0.151. The monoisotopic (exact) mass is 336 g/mol. The molecule has 0 unspecified atom stereocenters. The maximum Gasteiger partial charge on any atom is 0.227 e. The topological polar surface area (TPSA) is 32.3 Å². The van der Waals surface area contributed by atoms with Crippen LogP contribution in [0.4, 0.5) is 0 Å². The van der Waals surface area contributed by atoms with Gasteiger partial charge in [-0.3, -0.25) is 4.79 Å². The quantitative estimate of drug-likeness (QED) is 0.916. The van der Waals surface area contributed by atoms with Crippen molar-refractivity contribution in [3.8, 4) is 0 Å². The van der Waals surface area contributed by atoms with Gasteiger partial charge in [0.1, 0.15) is 0 Å². The first-order valence-corrected chi connectivity index (χ1v) is 8.20. The Kier molecular flexibility index (Phi) is 4.13. The minimum Gasteiger partial charge on any atom is -0.335 e. The van der Waals surface area contributed by atoms with E-state index in [1.807, 2.05) is 18.2 Å². The highest BCUT2D eigenvalue weighted by Gasteiger charge is 2.39. The van der Waals surface area contributed by atoms with Crippen LogP contribution in [-0.4, -0.2) is 29.9 Å². The van der Waals surface area contributed by atoms with E-state index in [1.165, 1.54) is 5.56 Å². The van der Waals surface area contributed by atoms with Gasteiger partial charge in [0, 0.05) is 23.6 Å². The molecule has 1 saturated carbocycles. The molecule has 1 saturated heterocycles. The summed E-state index contributed by atoms with van der Waals surface area (Å²) in [4.78, 5) is 14.9. The minimum absolute atomic E-state index is 0.151. The van der Waals surface area contributed by atoms with Gasteiger partial charge in [-0.2, -0.15) is 0 Å². The van der Waals surface area contributed by atoms with Gasteiger partial charge in [0.25, 0.3) is 0 Å². The Bertz CT molecular complexity index is 501. The molecule has 0 bridgehead atoms. The lowest BCUT2D eigenvalue weighted by molar-refractivity contribution is -0.137. The second-order valence-corrected chi connectivity index (χ2v) is 6.89. The van der Waals surface area contributed by atoms with Crippen LogP contribution in [-0.2, 0) is 11.3 Å². The van der Waals surface area contributed by atoms with Crippen molar-refractivity contribution in [1.82, 2.24) is 10.2 Å². The molecule has 3 rings (SSSR count).